The molecule has 6 N–H and O–H groups in total. The van der Waals surface area contributed by atoms with Crippen LogP contribution in [0.1, 0.15) is 84.3 Å². The molecule has 46 heavy (non-hydrogen) atoms. The Labute approximate surface area is 272 Å². The molecule has 11 heteroatoms. The van der Waals surface area contributed by atoms with Gasteiger partial charge in [0.2, 0.25) is 23.6 Å². The van der Waals surface area contributed by atoms with Gasteiger partial charge in [0.1, 0.15) is 29.8 Å². The molecule has 0 aliphatic carbocycles. The second-order valence-corrected chi connectivity index (χ2v) is 12.6. The molecule has 0 bridgehead atoms. The second-order valence-electron chi connectivity index (χ2n) is 12.6. The summed E-state index contributed by atoms with van der Waals surface area (Å²) in [5, 5.41) is 10.8. The van der Waals surface area contributed by atoms with E-state index in [2.05, 4.69) is 21.3 Å². The first-order valence-corrected chi connectivity index (χ1v) is 16.0. The Kier molecular flexibility index (Phi) is 15.2. The van der Waals surface area contributed by atoms with Crippen LogP contribution in [0.25, 0.3) is 0 Å². The Balaban J connectivity index is 2.34. The number of nitrogens with two attached hydrogens (primary N) is 1. The molecule has 0 fully saturated rings. The molecule has 2 aromatic carbocycles. The number of primary amides is 1. The van der Waals surface area contributed by atoms with Gasteiger partial charge in [-0.15, -0.1) is 0 Å². The van der Waals surface area contributed by atoms with Crippen LogP contribution in [0.15, 0.2) is 60.7 Å². The molecular weight excluding hydrogens is 586 g/mol. The van der Waals surface area contributed by atoms with Crippen LogP contribution in [0, 0.1) is 0 Å². The summed E-state index contributed by atoms with van der Waals surface area (Å²) in [6, 6.07) is 16.2. The summed E-state index contributed by atoms with van der Waals surface area (Å²) in [7, 11) is 0. The average Bonchev–Trinajstić information content (AvgIpc) is 3.00. The van der Waals surface area contributed by atoms with E-state index in [9.17, 15) is 24.0 Å². The maximum absolute atomic E-state index is 13.9. The van der Waals surface area contributed by atoms with Crippen molar-refractivity contribution in [2.45, 2.75) is 109 Å². The highest BCUT2D eigenvalue weighted by atomic mass is 16.6. The maximum Gasteiger partial charge on any atom is 0.408 e. The van der Waals surface area contributed by atoms with E-state index in [0.717, 1.165) is 24.0 Å². The Morgan fingerprint density at radius 3 is 1.65 bits per heavy atom. The highest BCUT2D eigenvalue weighted by molar-refractivity contribution is 5.96. The fourth-order valence-corrected chi connectivity index (χ4v) is 4.94. The van der Waals surface area contributed by atoms with Crippen molar-refractivity contribution >= 4 is 29.7 Å². The van der Waals surface area contributed by atoms with Gasteiger partial charge in [0.15, 0.2) is 0 Å². The van der Waals surface area contributed by atoms with Gasteiger partial charge in [0.25, 0.3) is 0 Å². The van der Waals surface area contributed by atoms with Gasteiger partial charge in [-0.2, -0.15) is 0 Å². The van der Waals surface area contributed by atoms with Crippen LogP contribution < -0.4 is 27.0 Å². The molecule has 0 radical (unpaired) electrons. The lowest BCUT2D eigenvalue weighted by Crippen LogP contribution is -2.63. The zero-order valence-electron chi connectivity index (χ0n) is 27.8. The van der Waals surface area contributed by atoms with Crippen molar-refractivity contribution in [1.82, 2.24) is 21.3 Å². The van der Waals surface area contributed by atoms with Crippen LogP contribution in [-0.2, 0) is 36.8 Å². The van der Waals surface area contributed by atoms with Gasteiger partial charge in [-0.05, 0) is 44.7 Å². The Bertz CT molecular complexity index is 1270. The normalized spacial score (nSPS) is 12.7. The number of nitrogens with one attached hydrogen (secondary N) is 4. The third kappa shape index (κ3) is 13.3. The first-order valence-electron chi connectivity index (χ1n) is 16.0. The molecule has 0 unspecified atom stereocenters. The van der Waals surface area contributed by atoms with E-state index in [-0.39, 0.29) is 12.8 Å². The third-order valence-electron chi connectivity index (χ3n) is 7.39. The second kappa shape index (κ2) is 18.5. The molecular formula is C35H51N5O6. The third-order valence-corrected chi connectivity index (χ3v) is 7.39. The SMILES string of the molecule is CCCCC(CCCC)(NC(=O)[C@H](Cc1ccccc1)NC(=O)[C@H](Cc1ccccc1)NC(=O)CNC(=O)OC(C)(C)C)C(N)=O. The van der Waals surface area contributed by atoms with Crippen LogP contribution in [0.3, 0.4) is 0 Å². The zero-order valence-corrected chi connectivity index (χ0v) is 27.8. The Morgan fingerprint density at radius 2 is 1.22 bits per heavy atom. The minimum atomic E-state index is -1.26. The maximum atomic E-state index is 13.9. The fraction of sp³-hybridized carbons (Fsp3) is 0.514. The molecule has 2 rings (SSSR count). The Hall–Kier alpha value is -4.41. The summed E-state index contributed by atoms with van der Waals surface area (Å²) in [5.74, 6) is -2.37. The predicted molar refractivity (Wildman–Crippen MR) is 178 cm³/mol. The summed E-state index contributed by atoms with van der Waals surface area (Å²) in [5.41, 5.74) is 5.47. The first-order chi connectivity index (χ1) is 21.8. The van der Waals surface area contributed by atoms with Crippen LogP contribution in [0.4, 0.5) is 4.79 Å². The van der Waals surface area contributed by atoms with E-state index in [4.69, 9.17) is 10.5 Å². The van der Waals surface area contributed by atoms with E-state index in [1.54, 1.807) is 20.8 Å². The number of benzene rings is 2. The lowest BCUT2D eigenvalue weighted by molar-refractivity contribution is -0.135. The van der Waals surface area contributed by atoms with Crippen LogP contribution >= 0.6 is 0 Å². The van der Waals surface area contributed by atoms with Gasteiger partial charge >= 0.3 is 6.09 Å². The predicted octanol–water partition coefficient (Wildman–Crippen LogP) is 3.69. The fourth-order valence-electron chi connectivity index (χ4n) is 4.94. The molecule has 2 atom stereocenters. The van der Waals surface area contributed by atoms with E-state index in [1.165, 1.54) is 0 Å². The molecule has 2 aromatic rings. The highest BCUT2D eigenvalue weighted by Crippen LogP contribution is 2.22. The van der Waals surface area contributed by atoms with E-state index in [0.29, 0.717) is 25.7 Å². The number of unbranched alkanes of at least 4 members (excludes halogenated alkanes) is 2. The van der Waals surface area contributed by atoms with Crippen molar-refractivity contribution in [2.24, 2.45) is 5.73 Å². The van der Waals surface area contributed by atoms with Gasteiger partial charge in [-0.3, -0.25) is 19.2 Å². The monoisotopic (exact) mass is 637 g/mol. The molecule has 0 spiro atoms. The summed E-state index contributed by atoms with van der Waals surface area (Å²) < 4.78 is 5.19. The number of ether oxygens (including phenoxy) is 1. The molecule has 0 aliphatic heterocycles. The summed E-state index contributed by atoms with van der Waals surface area (Å²) >= 11 is 0. The molecule has 11 nitrogen and oxygen atoms in total. The number of carbonyl (C=O) groups is 5. The van der Waals surface area contributed by atoms with Crippen molar-refractivity contribution in [3.8, 4) is 0 Å². The van der Waals surface area contributed by atoms with Crippen molar-refractivity contribution in [3.63, 3.8) is 0 Å². The smallest absolute Gasteiger partial charge is 0.408 e. The van der Waals surface area contributed by atoms with Gasteiger partial charge in [0, 0.05) is 12.8 Å². The lowest BCUT2D eigenvalue weighted by atomic mass is 9.85. The van der Waals surface area contributed by atoms with Gasteiger partial charge in [-0.25, -0.2) is 4.79 Å². The van der Waals surface area contributed by atoms with E-state index in [1.807, 2.05) is 74.5 Å². The van der Waals surface area contributed by atoms with Crippen LogP contribution in [0.2, 0.25) is 0 Å². The van der Waals surface area contributed by atoms with Gasteiger partial charge in [0.05, 0.1) is 0 Å². The van der Waals surface area contributed by atoms with Crippen LogP contribution in [-0.4, -0.2) is 59.5 Å². The molecule has 252 valence electrons. The molecule has 0 aliphatic rings. The molecule has 0 heterocycles. The summed E-state index contributed by atoms with van der Waals surface area (Å²) in [6.45, 7) is 8.69. The number of hydrogen-bond donors (Lipinski definition) is 5. The minimum Gasteiger partial charge on any atom is -0.444 e. The highest BCUT2D eigenvalue weighted by Gasteiger charge is 2.39. The largest absolute Gasteiger partial charge is 0.444 e. The van der Waals surface area contributed by atoms with Crippen molar-refractivity contribution in [1.29, 1.82) is 0 Å². The molecule has 0 aromatic heterocycles. The first kappa shape index (κ1) is 37.8. The van der Waals surface area contributed by atoms with E-state index >= 15 is 0 Å². The van der Waals surface area contributed by atoms with Crippen molar-refractivity contribution in [2.75, 3.05) is 6.54 Å². The summed E-state index contributed by atoms with van der Waals surface area (Å²) in [4.78, 5) is 65.6. The summed E-state index contributed by atoms with van der Waals surface area (Å²) in [6.07, 6.45) is 3.26. The molecule has 0 saturated carbocycles. The standard InChI is InChI=1S/C35H51N5O6/c1-6-8-20-35(32(36)44,21-9-7-2)40-31(43)28(23-26-18-14-11-15-19-26)39-30(42)27(22-25-16-12-10-13-17-25)38-29(41)24-37-33(45)46-34(3,4)5/h10-19,27-28H,6-9,20-24H2,1-5H3,(H2,36,44)(H,37,45)(H,38,41)(H,39,42)(H,40,43)/t27-,28-/m0/s1. The van der Waals surface area contributed by atoms with E-state index < -0.39 is 59.5 Å². The topological polar surface area (TPSA) is 169 Å². The number of amides is 5. The average molecular weight is 638 g/mol. The van der Waals surface area contributed by atoms with Crippen molar-refractivity contribution in [3.05, 3.63) is 71.8 Å². The molecule has 0 saturated heterocycles. The number of rotatable bonds is 18. The van der Waals surface area contributed by atoms with Crippen LogP contribution in [0.5, 0.6) is 0 Å². The Morgan fingerprint density at radius 1 is 0.739 bits per heavy atom. The molecule has 5 amide bonds. The lowest BCUT2D eigenvalue weighted by Gasteiger charge is -2.34. The minimum absolute atomic E-state index is 0.128. The van der Waals surface area contributed by atoms with Gasteiger partial charge in [-0.1, -0.05) is 100 Å². The van der Waals surface area contributed by atoms with Crippen molar-refractivity contribution < 1.29 is 28.7 Å². The zero-order chi connectivity index (χ0) is 34.2. The number of carbonyl (C=O) groups excluding carboxylic acids is 5. The quantitative estimate of drug-likeness (QED) is 0.167. The van der Waals surface area contributed by atoms with Gasteiger partial charge < -0.3 is 31.7 Å². The number of hydrogen-bond acceptors (Lipinski definition) is 6. The number of alkyl carbamates (subject to hydrolysis) is 1.